The van der Waals surface area contributed by atoms with Gasteiger partial charge in [0.05, 0.1) is 6.54 Å². The quantitative estimate of drug-likeness (QED) is 0.849. The standard InChI is InChI=1S/C17H23N3O/c1-13-15(9-17(21-13)10-19-16-3-4-16)12-20(2)11-14-5-7-18-8-6-14/h5-9,16,19H,3-4,10-12H2,1-2H3. The molecule has 1 saturated carbocycles. The van der Waals surface area contributed by atoms with Gasteiger partial charge in [0.2, 0.25) is 0 Å². The van der Waals surface area contributed by atoms with Gasteiger partial charge < -0.3 is 9.73 Å². The summed E-state index contributed by atoms with van der Waals surface area (Å²) in [4.78, 5) is 6.35. The predicted molar refractivity (Wildman–Crippen MR) is 82.7 cm³/mol. The van der Waals surface area contributed by atoms with Gasteiger partial charge in [-0.1, -0.05) is 0 Å². The lowest BCUT2D eigenvalue weighted by molar-refractivity contribution is 0.316. The average molecular weight is 285 g/mol. The number of hydrogen-bond acceptors (Lipinski definition) is 4. The number of hydrogen-bond donors (Lipinski definition) is 1. The fourth-order valence-electron chi connectivity index (χ4n) is 2.51. The van der Waals surface area contributed by atoms with Gasteiger partial charge >= 0.3 is 0 Å². The zero-order valence-corrected chi connectivity index (χ0v) is 12.8. The Kier molecular flexibility index (Phi) is 4.36. The minimum atomic E-state index is 0.716. The van der Waals surface area contributed by atoms with Gasteiger partial charge in [0.1, 0.15) is 11.5 Å². The molecule has 21 heavy (non-hydrogen) atoms. The molecule has 0 unspecified atom stereocenters. The van der Waals surface area contributed by atoms with Crippen LogP contribution in [0.2, 0.25) is 0 Å². The van der Waals surface area contributed by atoms with Crippen molar-refractivity contribution in [1.82, 2.24) is 15.2 Å². The average Bonchev–Trinajstić information content (AvgIpc) is 3.23. The maximum Gasteiger partial charge on any atom is 0.118 e. The van der Waals surface area contributed by atoms with Crippen LogP contribution in [0, 0.1) is 6.92 Å². The molecular formula is C17H23N3O. The Morgan fingerprint density at radius 1 is 1.29 bits per heavy atom. The van der Waals surface area contributed by atoms with E-state index in [-0.39, 0.29) is 0 Å². The summed E-state index contributed by atoms with van der Waals surface area (Å²) in [5.41, 5.74) is 2.56. The van der Waals surface area contributed by atoms with Gasteiger partial charge in [-0.25, -0.2) is 0 Å². The van der Waals surface area contributed by atoms with Crippen molar-refractivity contribution in [1.29, 1.82) is 0 Å². The van der Waals surface area contributed by atoms with Crippen LogP contribution in [-0.2, 0) is 19.6 Å². The number of nitrogens with zero attached hydrogens (tertiary/aromatic N) is 2. The lowest BCUT2D eigenvalue weighted by Gasteiger charge is -2.15. The summed E-state index contributed by atoms with van der Waals surface area (Å²) in [6.45, 7) is 4.72. The Hall–Kier alpha value is -1.65. The number of rotatable bonds is 7. The molecule has 0 aliphatic heterocycles. The first kappa shape index (κ1) is 14.3. The molecule has 1 fully saturated rings. The third-order valence-electron chi connectivity index (χ3n) is 3.86. The highest BCUT2D eigenvalue weighted by atomic mass is 16.3. The Labute approximate surface area is 126 Å². The van der Waals surface area contributed by atoms with Crippen LogP contribution >= 0.6 is 0 Å². The maximum absolute atomic E-state index is 5.84. The summed E-state index contributed by atoms with van der Waals surface area (Å²) in [6.07, 6.45) is 6.30. The van der Waals surface area contributed by atoms with E-state index in [0.29, 0.717) is 6.04 Å². The van der Waals surface area contributed by atoms with Gasteiger partial charge in [-0.05, 0) is 50.6 Å². The first-order chi connectivity index (χ1) is 10.2. The van der Waals surface area contributed by atoms with Crippen LogP contribution in [-0.4, -0.2) is 23.0 Å². The van der Waals surface area contributed by atoms with Crippen molar-refractivity contribution in [2.24, 2.45) is 0 Å². The summed E-state index contributed by atoms with van der Waals surface area (Å²) in [7, 11) is 2.13. The fourth-order valence-corrected chi connectivity index (χ4v) is 2.51. The Bertz CT molecular complexity index is 575. The molecule has 0 radical (unpaired) electrons. The van der Waals surface area contributed by atoms with Crippen LogP contribution in [0.4, 0.5) is 0 Å². The molecule has 0 amide bonds. The molecule has 3 rings (SSSR count). The van der Waals surface area contributed by atoms with Crippen molar-refractivity contribution in [3.63, 3.8) is 0 Å². The van der Waals surface area contributed by atoms with Crippen molar-refractivity contribution in [2.75, 3.05) is 7.05 Å². The number of furan rings is 1. The zero-order valence-electron chi connectivity index (χ0n) is 12.8. The van der Waals surface area contributed by atoms with E-state index in [0.717, 1.165) is 31.2 Å². The summed E-state index contributed by atoms with van der Waals surface area (Å²) < 4.78 is 5.84. The molecule has 0 aromatic carbocycles. The van der Waals surface area contributed by atoms with Gasteiger partial charge in [0, 0.05) is 37.1 Å². The monoisotopic (exact) mass is 285 g/mol. The topological polar surface area (TPSA) is 41.3 Å². The van der Waals surface area contributed by atoms with Crippen molar-refractivity contribution >= 4 is 0 Å². The SMILES string of the molecule is Cc1oc(CNC2CC2)cc1CN(C)Cc1ccncc1. The Morgan fingerprint density at radius 2 is 2.05 bits per heavy atom. The van der Waals surface area contributed by atoms with Crippen LogP contribution < -0.4 is 5.32 Å². The molecular weight excluding hydrogens is 262 g/mol. The molecule has 2 heterocycles. The Morgan fingerprint density at radius 3 is 2.76 bits per heavy atom. The molecule has 2 aromatic rings. The highest BCUT2D eigenvalue weighted by molar-refractivity contribution is 5.21. The highest BCUT2D eigenvalue weighted by Gasteiger charge is 2.21. The first-order valence-corrected chi connectivity index (χ1v) is 7.60. The van der Waals surface area contributed by atoms with E-state index in [9.17, 15) is 0 Å². The van der Waals surface area contributed by atoms with Gasteiger partial charge in [-0.2, -0.15) is 0 Å². The second kappa shape index (κ2) is 6.41. The first-order valence-electron chi connectivity index (χ1n) is 7.60. The molecule has 0 atom stereocenters. The smallest absolute Gasteiger partial charge is 0.118 e. The van der Waals surface area contributed by atoms with E-state index in [1.54, 1.807) is 0 Å². The molecule has 0 bridgehead atoms. The van der Waals surface area contributed by atoms with Crippen molar-refractivity contribution < 1.29 is 4.42 Å². The van der Waals surface area contributed by atoms with E-state index in [4.69, 9.17) is 4.42 Å². The van der Waals surface area contributed by atoms with E-state index in [1.807, 2.05) is 12.4 Å². The molecule has 112 valence electrons. The van der Waals surface area contributed by atoms with Crippen molar-refractivity contribution in [2.45, 2.75) is 45.4 Å². The van der Waals surface area contributed by atoms with Gasteiger partial charge in [0.15, 0.2) is 0 Å². The van der Waals surface area contributed by atoms with E-state index in [1.165, 1.54) is 24.0 Å². The zero-order chi connectivity index (χ0) is 14.7. The molecule has 4 heteroatoms. The lowest BCUT2D eigenvalue weighted by Crippen LogP contribution is -2.17. The minimum Gasteiger partial charge on any atom is -0.465 e. The van der Waals surface area contributed by atoms with Crippen molar-refractivity contribution in [3.05, 3.63) is 53.2 Å². The number of aromatic nitrogens is 1. The molecule has 4 nitrogen and oxygen atoms in total. The van der Waals surface area contributed by atoms with E-state index in [2.05, 4.69) is 47.4 Å². The normalized spacial score (nSPS) is 14.8. The minimum absolute atomic E-state index is 0.716. The third-order valence-corrected chi connectivity index (χ3v) is 3.86. The largest absolute Gasteiger partial charge is 0.465 e. The Balaban J connectivity index is 1.55. The molecule has 2 aromatic heterocycles. The van der Waals surface area contributed by atoms with Crippen LogP contribution in [0.1, 0.15) is 35.5 Å². The van der Waals surface area contributed by atoms with Crippen LogP contribution in [0.25, 0.3) is 0 Å². The number of nitrogens with one attached hydrogen (secondary N) is 1. The summed E-state index contributed by atoms with van der Waals surface area (Å²) in [5, 5.41) is 3.49. The maximum atomic E-state index is 5.84. The number of pyridine rings is 1. The van der Waals surface area contributed by atoms with Crippen LogP contribution in [0.3, 0.4) is 0 Å². The summed E-state index contributed by atoms with van der Waals surface area (Å²) in [5.74, 6) is 2.08. The van der Waals surface area contributed by atoms with Gasteiger partial charge in [-0.3, -0.25) is 9.88 Å². The van der Waals surface area contributed by atoms with Gasteiger partial charge in [-0.15, -0.1) is 0 Å². The van der Waals surface area contributed by atoms with E-state index >= 15 is 0 Å². The molecule has 1 aliphatic carbocycles. The second-order valence-corrected chi connectivity index (χ2v) is 5.98. The van der Waals surface area contributed by atoms with Crippen LogP contribution in [0.15, 0.2) is 35.0 Å². The van der Waals surface area contributed by atoms with Gasteiger partial charge in [0.25, 0.3) is 0 Å². The molecule has 1 aliphatic rings. The fraction of sp³-hybridized carbons (Fsp3) is 0.471. The number of aryl methyl sites for hydroxylation is 1. The lowest BCUT2D eigenvalue weighted by atomic mass is 10.2. The van der Waals surface area contributed by atoms with Crippen LogP contribution in [0.5, 0.6) is 0 Å². The third kappa shape index (κ3) is 4.16. The second-order valence-electron chi connectivity index (χ2n) is 5.98. The molecule has 0 saturated heterocycles. The predicted octanol–water partition coefficient (Wildman–Crippen LogP) is 2.87. The highest BCUT2D eigenvalue weighted by Crippen LogP contribution is 2.21. The summed E-state index contributed by atoms with van der Waals surface area (Å²) >= 11 is 0. The van der Waals surface area contributed by atoms with Crippen molar-refractivity contribution in [3.8, 4) is 0 Å². The summed E-state index contributed by atoms with van der Waals surface area (Å²) in [6, 6.07) is 7.02. The van der Waals surface area contributed by atoms with E-state index < -0.39 is 0 Å². The molecule has 1 N–H and O–H groups in total. The molecule has 0 spiro atoms.